The number of nitrogens with zero attached hydrogens (tertiary/aromatic N) is 1. The van der Waals surface area contributed by atoms with Crippen LogP contribution in [0, 0.1) is 0 Å². The number of hydrogen-bond donors (Lipinski definition) is 2. The van der Waals surface area contributed by atoms with Gasteiger partial charge in [0.1, 0.15) is 5.82 Å². The Balaban J connectivity index is 2.08. The van der Waals surface area contributed by atoms with Crippen LogP contribution in [0.25, 0.3) is 11.1 Å². The predicted octanol–water partition coefficient (Wildman–Crippen LogP) is 3.89. The van der Waals surface area contributed by atoms with Crippen LogP contribution in [-0.4, -0.2) is 11.3 Å². The number of aldehydes is 1. The van der Waals surface area contributed by atoms with E-state index in [9.17, 15) is 4.79 Å². The van der Waals surface area contributed by atoms with E-state index < -0.39 is 0 Å². The number of benzene rings is 2. The van der Waals surface area contributed by atoms with E-state index >= 15 is 0 Å². The van der Waals surface area contributed by atoms with Crippen molar-refractivity contribution in [3.63, 3.8) is 0 Å². The van der Waals surface area contributed by atoms with Gasteiger partial charge in [0.05, 0.1) is 5.69 Å². The summed E-state index contributed by atoms with van der Waals surface area (Å²) in [5, 5.41) is 3.29. The van der Waals surface area contributed by atoms with Crippen LogP contribution in [0.15, 0.2) is 66.9 Å². The number of nitrogen functional groups attached to an aromatic ring is 1. The average Bonchev–Trinajstić information content (AvgIpc) is 2.57. The molecule has 0 unspecified atom stereocenters. The Morgan fingerprint density at radius 3 is 2.32 bits per heavy atom. The van der Waals surface area contributed by atoms with Gasteiger partial charge in [0.25, 0.3) is 0 Å². The fourth-order valence-corrected chi connectivity index (χ4v) is 2.34. The average molecular weight is 289 g/mol. The molecular weight excluding hydrogens is 274 g/mol. The standard InChI is InChI=1S/C18H15N3O/c19-18-17(10-5-11-20-18)21-16-9-4-3-8-15(16)14-7-2-1-6-13(14)12-22/h1-12,21H,(H2,19,20). The molecule has 1 aromatic heterocycles. The van der Waals surface area contributed by atoms with E-state index in [4.69, 9.17) is 5.73 Å². The highest BCUT2D eigenvalue weighted by Crippen LogP contribution is 2.32. The Bertz CT molecular complexity index is 815. The van der Waals surface area contributed by atoms with Crippen molar-refractivity contribution in [1.29, 1.82) is 0 Å². The third-order valence-electron chi connectivity index (χ3n) is 3.41. The zero-order chi connectivity index (χ0) is 15.4. The summed E-state index contributed by atoms with van der Waals surface area (Å²) in [4.78, 5) is 15.3. The van der Waals surface area contributed by atoms with Crippen LogP contribution in [0.5, 0.6) is 0 Å². The maximum absolute atomic E-state index is 11.3. The van der Waals surface area contributed by atoms with Gasteiger partial charge in [-0.05, 0) is 23.8 Å². The molecule has 3 rings (SSSR count). The van der Waals surface area contributed by atoms with Crippen molar-refractivity contribution in [3.8, 4) is 11.1 Å². The summed E-state index contributed by atoms with van der Waals surface area (Å²) in [5.41, 5.74) is 9.96. The summed E-state index contributed by atoms with van der Waals surface area (Å²) in [6.45, 7) is 0. The summed E-state index contributed by atoms with van der Waals surface area (Å²) in [7, 11) is 0. The van der Waals surface area contributed by atoms with Gasteiger partial charge in [0.15, 0.2) is 6.29 Å². The fraction of sp³-hybridized carbons (Fsp3) is 0. The molecule has 0 atom stereocenters. The second kappa shape index (κ2) is 6.10. The molecule has 0 aliphatic heterocycles. The minimum absolute atomic E-state index is 0.431. The number of pyridine rings is 1. The van der Waals surface area contributed by atoms with Crippen molar-refractivity contribution in [3.05, 3.63) is 72.4 Å². The normalized spacial score (nSPS) is 10.2. The van der Waals surface area contributed by atoms with Crippen LogP contribution in [-0.2, 0) is 0 Å². The summed E-state index contributed by atoms with van der Waals surface area (Å²) < 4.78 is 0. The Morgan fingerprint density at radius 1 is 0.864 bits per heavy atom. The number of nitrogens with two attached hydrogens (primary N) is 1. The lowest BCUT2D eigenvalue weighted by atomic mass is 9.98. The van der Waals surface area contributed by atoms with Crippen LogP contribution in [0.4, 0.5) is 17.2 Å². The number of anilines is 3. The smallest absolute Gasteiger partial charge is 0.150 e. The minimum Gasteiger partial charge on any atom is -0.382 e. The number of para-hydroxylation sites is 1. The van der Waals surface area contributed by atoms with Gasteiger partial charge in [0.2, 0.25) is 0 Å². The minimum atomic E-state index is 0.431. The second-order valence-electron chi connectivity index (χ2n) is 4.81. The monoisotopic (exact) mass is 289 g/mol. The van der Waals surface area contributed by atoms with Gasteiger partial charge in [-0.25, -0.2) is 4.98 Å². The first-order valence-corrected chi connectivity index (χ1v) is 6.90. The Hall–Kier alpha value is -3.14. The van der Waals surface area contributed by atoms with Crippen LogP contribution < -0.4 is 11.1 Å². The van der Waals surface area contributed by atoms with Crippen molar-refractivity contribution < 1.29 is 4.79 Å². The Labute approximate surface area is 128 Å². The molecule has 4 nitrogen and oxygen atoms in total. The molecule has 0 bridgehead atoms. The van der Waals surface area contributed by atoms with Crippen molar-refractivity contribution in [1.82, 2.24) is 4.98 Å². The topological polar surface area (TPSA) is 68.0 Å². The van der Waals surface area contributed by atoms with Gasteiger partial charge in [-0.3, -0.25) is 4.79 Å². The quantitative estimate of drug-likeness (QED) is 0.715. The lowest BCUT2D eigenvalue weighted by molar-refractivity contribution is 0.112. The molecule has 3 aromatic rings. The summed E-state index contributed by atoms with van der Waals surface area (Å²) in [6, 6.07) is 19.0. The van der Waals surface area contributed by atoms with Crippen molar-refractivity contribution >= 4 is 23.5 Å². The van der Waals surface area contributed by atoms with Gasteiger partial charge in [-0.2, -0.15) is 0 Å². The molecule has 22 heavy (non-hydrogen) atoms. The second-order valence-corrected chi connectivity index (χ2v) is 4.81. The summed E-state index contributed by atoms with van der Waals surface area (Å²) in [6.07, 6.45) is 2.51. The first-order valence-electron chi connectivity index (χ1n) is 6.90. The molecule has 0 saturated heterocycles. The first-order chi connectivity index (χ1) is 10.8. The molecule has 2 aromatic carbocycles. The van der Waals surface area contributed by atoms with E-state index in [-0.39, 0.29) is 0 Å². The lowest BCUT2D eigenvalue weighted by Gasteiger charge is -2.14. The van der Waals surface area contributed by atoms with E-state index in [1.807, 2.05) is 54.6 Å². The van der Waals surface area contributed by atoms with E-state index in [2.05, 4.69) is 10.3 Å². The van der Waals surface area contributed by atoms with Crippen LogP contribution in [0.3, 0.4) is 0 Å². The van der Waals surface area contributed by atoms with Gasteiger partial charge in [-0.1, -0.05) is 42.5 Å². The molecule has 0 amide bonds. The molecule has 3 N–H and O–H groups in total. The van der Waals surface area contributed by atoms with Crippen LogP contribution in [0.2, 0.25) is 0 Å². The van der Waals surface area contributed by atoms with Crippen LogP contribution in [0.1, 0.15) is 10.4 Å². The molecule has 108 valence electrons. The maximum atomic E-state index is 11.3. The van der Waals surface area contributed by atoms with Gasteiger partial charge >= 0.3 is 0 Å². The van der Waals surface area contributed by atoms with E-state index in [1.165, 1.54) is 0 Å². The zero-order valence-corrected chi connectivity index (χ0v) is 11.9. The number of nitrogens with one attached hydrogen (secondary N) is 1. The maximum Gasteiger partial charge on any atom is 0.150 e. The largest absolute Gasteiger partial charge is 0.382 e. The SMILES string of the molecule is Nc1ncccc1Nc1ccccc1-c1ccccc1C=O. The zero-order valence-electron chi connectivity index (χ0n) is 11.9. The molecular formula is C18H15N3O. The van der Waals surface area contributed by atoms with Crippen molar-refractivity contribution in [2.24, 2.45) is 0 Å². The molecule has 0 aliphatic rings. The van der Waals surface area contributed by atoms with Gasteiger partial charge in [0, 0.05) is 23.0 Å². The third kappa shape index (κ3) is 2.67. The van der Waals surface area contributed by atoms with Gasteiger partial charge in [-0.15, -0.1) is 0 Å². The highest BCUT2D eigenvalue weighted by molar-refractivity contribution is 5.92. The Morgan fingerprint density at radius 2 is 1.55 bits per heavy atom. The highest BCUT2D eigenvalue weighted by Gasteiger charge is 2.09. The predicted molar refractivity (Wildman–Crippen MR) is 89.2 cm³/mol. The third-order valence-corrected chi connectivity index (χ3v) is 3.41. The van der Waals surface area contributed by atoms with Crippen molar-refractivity contribution in [2.45, 2.75) is 0 Å². The number of rotatable bonds is 4. The molecule has 0 saturated carbocycles. The molecule has 0 fully saturated rings. The first kappa shape index (κ1) is 13.8. The molecule has 0 radical (unpaired) electrons. The number of carbonyl (C=O) groups excluding carboxylic acids is 1. The van der Waals surface area contributed by atoms with E-state index in [0.29, 0.717) is 11.4 Å². The number of carbonyl (C=O) groups is 1. The highest BCUT2D eigenvalue weighted by atomic mass is 16.1. The van der Waals surface area contributed by atoms with Crippen molar-refractivity contribution in [2.75, 3.05) is 11.1 Å². The van der Waals surface area contributed by atoms with E-state index in [0.717, 1.165) is 28.8 Å². The van der Waals surface area contributed by atoms with Gasteiger partial charge < -0.3 is 11.1 Å². The molecule has 1 heterocycles. The molecule has 0 spiro atoms. The molecule has 0 aliphatic carbocycles. The Kier molecular flexibility index (Phi) is 3.83. The summed E-state index contributed by atoms with van der Waals surface area (Å²) in [5.74, 6) is 0.431. The number of hydrogen-bond acceptors (Lipinski definition) is 4. The fourth-order valence-electron chi connectivity index (χ4n) is 2.34. The molecule has 4 heteroatoms. The number of aromatic nitrogens is 1. The summed E-state index contributed by atoms with van der Waals surface area (Å²) >= 11 is 0. The van der Waals surface area contributed by atoms with Crippen LogP contribution >= 0.6 is 0 Å². The van der Waals surface area contributed by atoms with E-state index in [1.54, 1.807) is 12.3 Å². The lowest BCUT2D eigenvalue weighted by Crippen LogP contribution is -2.00.